The van der Waals surface area contributed by atoms with Crippen LogP contribution in [0.15, 0.2) is 48.9 Å². The normalized spacial score (nSPS) is 24.0. The van der Waals surface area contributed by atoms with Gasteiger partial charge in [0.1, 0.15) is 18.3 Å². The first-order chi connectivity index (χ1) is 14.3. The molecule has 0 bridgehead atoms. The van der Waals surface area contributed by atoms with Gasteiger partial charge in [0.2, 0.25) is 0 Å². The van der Waals surface area contributed by atoms with Crippen molar-refractivity contribution in [1.29, 1.82) is 0 Å². The molecule has 3 atom stereocenters. The van der Waals surface area contributed by atoms with Gasteiger partial charge in [-0.1, -0.05) is 30.3 Å². The molecule has 3 heterocycles. The monoisotopic (exact) mass is 393 g/mol. The molecule has 3 aromatic rings. The van der Waals surface area contributed by atoms with Gasteiger partial charge in [0, 0.05) is 49.8 Å². The van der Waals surface area contributed by atoms with Crippen LogP contribution in [-0.2, 0) is 31.0 Å². The van der Waals surface area contributed by atoms with Crippen LogP contribution in [0.5, 0.6) is 0 Å². The molecular weight excluding hydrogens is 366 g/mol. The fourth-order valence-electron chi connectivity index (χ4n) is 4.61. The molecule has 5 rings (SSSR count). The number of benzene rings is 1. The highest BCUT2D eigenvalue weighted by Gasteiger charge is 2.33. The second-order valence-electron chi connectivity index (χ2n) is 8.03. The van der Waals surface area contributed by atoms with Gasteiger partial charge in [-0.25, -0.2) is 9.97 Å². The molecule has 29 heavy (non-hydrogen) atoms. The van der Waals surface area contributed by atoms with Gasteiger partial charge in [0.05, 0.1) is 18.4 Å². The maximum absolute atomic E-state index is 10.6. The number of nitrogens with one attached hydrogen (secondary N) is 1. The van der Waals surface area contributed by atoms with Gasteiger partial charge < -0.3 is 24.3 Å². The number of fused-ring (bicyclic) bond motifs is 1. The van der Waals surface area contributed by atoms with Gasteiger partial charge in [-0.2, -0.15) is 0 Å². The lowest BCUT2D eigenvalue weighted by atomic mass is 10.1. The average Bonchev–Trinajstić information content (AvgIpc) is 3.46. The van der Waals surface area contributed by atoms with Crippen LogP contribution < -0.4 is 5.32 Å². The topological polar surface area (TPSA) is 77.1 Å². The molecule has 0 amide bonds. The van der Waals surface area contributed by atoms with Gasteiger partial charge in [-0.05, 0) is 18.8 Å². The average molecular weight is 393 g/mol. The van der Waals surface area contributed by atoms with Crippen molar-refractivity contribution in [2.45, 2.75) is 51.2 Å². The van der Waals surface area contributed by atoms with E-state index in [1.54, 1.807) is 0 Å². The van der Waals surface area contributed by atoms with Crippen LogP contribution >= 0.6 is 0 Å². The first-order valence-corrected chi connectivity index (χ1v) is 10.4. The Morgan fingerprint density at radius 3 is 2.97 bits per heavy atom. The molecule has 0 saturated heterocycles. The Morgan fingerprint density at radius 1 is 1.17 bits per heavy atom. The molecule has 1 unspecified atom stereocenters. The predicted octanol–water partition coefficient (Wildman–Crippen LogP) is 2.21. The van der Waals surface area contributed by atoms with Crippen LogP contribution in [0.2, 0.25) is 0 Å². The fraction of sp³-hybridized carbons (Fsp3) is 0.455. The SMILES string of the molecule is O[C@@H]1CC(Cn2ccnc2-c2ccccc2)C[C@H]1NCc1cnc2n1CCOC2. The van der Waals surface area contributed by atoms with Gasteiger partial charge in [-0.3, -0.25) is 0 Å². The Labute approximate surface area is 170 Å². The molecule has 0 radical (unpaired) electrons. The van der Waals surface area contributed by atoms with Crippen molar-refractivity contribution >= 4 is 0 Å². The van der Waals surface area contributed by atoms with Crippen molar-refractivity contribution in [3.8, 4) is 11.4 Å². The van der Waals surface area contributed by atoms with Crippen molar-refractivity contribution in [3.63, 3.8) is 0 Å². The van der Waals surface area contributed by atoms with E-state index in [1.165, 1.54) is 5.69 Å². The van der Waals surface area contributed by atoms with Crippen molar-refractivity contribution in [1.82, 2.24) is 24.4 Å². The Bertz CT molecular complexity index is 951. The molecule has 1 aromatic carbocycles. The zero-order valence-electron chi connectivity index (χ0n) is 16.4. The number of aromatic nitrogens is 4. The van der Waals surface area contributed by atoms with Gasteiger partial charge in [0.25, 0.3) is 0 Å². The number of imidazole rings is 2. The highest BCUT2D eigenvalue weighted by atomic mass is 16.5. The number of ether oxygens (including phenoxy) is 1. The second-order valence-corrected chi connectivity index (χ2v) is 8.03. The van der Waals surface area contributed by atoms with E-state index in [-0.39, 0.29) is 12.1 Å². The highest BCUT2D eigenvalue weighted by molar-refractivity contribution is 5.55. The summed E-state index contributed by atoms with van der Waals surface area (Å²) in [5, 5.41) is 14.2. The summed E-state index contributed by atoms with van der Waals surface area (Å²) in [6.45, 7) is 3.77. The second kappa shape index (κ2) is 8.10. The molecule has 1 aliphatic carbocycles. The predicted molar refractivity (Wildman–Crippen MR) is 109 cm³/mol. The zero-order chi connectivity index (χ0) is 19.6. The van der Waals surface area contributed by atoms with E-state index >= 15 is 0 Å². The lowest BCUT2D eigenvalue weighted by Crippen LogP contribution is -2.36. The summed E-state index contributed by atoms with van der Waals surface area (Å²) in [5.41, 5.74) is 2.29. The Morgan fingerprint density at radius 2 is 2.07 bits per heavy atom. The number of nitrogens with zero attached hydrogens (tertiary/aromatic N) is 4. The van der Waals surface area contributed by atoms with Crippen molar-refractivity contribution < 1.29 is 9.84 Å². The Balaban J connectivity index is 1.21. The summed E-state index contributed by atoms with van der Waals surface area (Å²) >= 11 is 0. The summed E-state index contributed by atoms with van der Waals surface area (Å²) in [7, 11) is 0. The van der Waals surface area contributed by atoms with E-state index in [0.29, 0.717) is 12.5 Å². The third-order valence-corrected chi connectivity index (χ3v) is 6.09. The third kappa shape index (κ3) is 3.85. The van der Waals surface area contributed by atoms with E-state index in [4.69, 9.17) is 4.74 Å². The Hall–Kier alpha value is -2.48. The number of hydrogen-bond donors (Lipinski definition) is 2. The molecule has 2 aromatic heterocycles. The van der Waals surface area contributed by atoms with E-state index in [0.717, 1.165) is 56.3 Å². The number of aliphatic hydroxyl groups is 1. The number of rotatable bonds is 6. The molecule has 2 aliphatic rings. The van der Waals surface area contributed by atoms with Crippen LogP contribution in [0, 0.1) is 5.92 Å². The minimum Gasteiger partial charge on any atom is -0.391 e. The van der Waals surface area contributed by atoms with E-state index in [1.807, 2.05) is 36.8 Å². The van der Waals surface area contributed by atoms with E-state index < -0.39 is 0 Å². The molecule has 7 nitrogen and oxygen atoms in total. The molecule has 7 heteroatoms. The summed E-state index contributed by atoms with van der Waals surface area (Å²) in [6.07, 6.45) is 7.26. The van der Waals surface area contributed by atoms with Crippen LogP contribution in [0.4, 0.5) is 0 Å². The van der Waals surface area contributed by atoms with Crippen molar-refractivity contribution in [2.24, 2.45) is 5.92 Å². The first-order valence-electron chi connectivity index (χ1n) is 10.4. The smallest absolute Gasteiger partial charge is 0.139 e. The van der Waals surface area contributed by atoms with Crippen LogP contribution in [0.3, 0.4) is 0 Å². The van der Waals surface area contributed by atoms with Crippen LogP contribution in [0.25, 0.3) is 11.4 Å². The Kier molecular flexibility index (Phi) is 5.18. The zero-order valence-corrected chi connectivity index (χ0v) is 16.4. The number of hydrogen-bond acceptors (Lipinski definition) is 5. The molecule has 152 valence electrons. The van der Waals surface area contributed by atoms with Gasteiger partial charge in [0.15, 0.2) is 0 Å². The molecule has 1 fully saturated rings. The molecule has 2 N–H and O–H groups in total. The first kappa shape index (κ1) is 18.5. The molecular formula is C22H27N5O2. The quantitative estimate of drug-likeness (QED) is 0.671. The molecule has 1 saturated carbocycles. The summed E-state index contributed by atoms with van der Waals surface area (Å²) in [5.74, 6) is 2.41. The summed E-state index contributed by atoms with van der Waals surface area (Å²) in [4.78, 5) is 8.99. The largest absolute Gasteiger partial charge is 0.391 e. The minimum atomic E-state index is -0.323. The van der Waals surface area contributed by atoms with E-state index in [9.17, 15) is 5.11 Å². The van der Waals surface area contributed by atoms with Crippen molar-refractivity contribution in [2.75, 3.05) is 6.61 Å². The maximum Gasteiger partial charge on any atom is 0.139 e. The summed E-state index contributed by atoms with van der Waals surface area (Å²) in [6, 6.07) is 10.4. The highest BCUT2D eigenvalue weighted by Crippen LogP contribution is 2.29. The molecule has 0 spiro atoms. The lowest BCUT2D eigenvalue weighted by molar-refractivity contribution is 0.0802. The van der Waals surface area contributed by atoms with Crippen molar-refractivity contribution in [3.05, 3.63) is 60.4 Å². The minimum absolute atomic E-state index is 0.106. The van der Waals surface area contributed by atoms with Gasteiger partial charge >= 0.3 is 0 Å². The fourth-order valence-corrected chi connectivity index (χ4v) is 4.61. The van der Waals surface area contributed by atoms with Crippen LogP contribution in [0.1, 0.15) is 24.4 Å². The maximum atomic E-state index is 10.6. The molecule has 1 aliphatic heterocycles. The number of aliphatic hydroxyl groups excluding tert-OH is 1. The standard InChI is InChI=1S/C22H27N5O2/c28-20-11-16(14-26-7-6-23-22(26)17-4-2-1-3-5-17)10-19(20)24-12-18-13-25-21-15-29-9-8-27(18)21/h1-7,13,16,19-20,24,28H,8-12,14-15H2/t16?,19-,20-/m1/s1. The summed E-state index contributed by atoms with van der Waals surface area (Å²) < 4.78 is 9.90. The van der Waals surface area contributed by atoms with Crippen LogP contribution in [-0.4, -0.2) is 43.0 Å². The van der Waals surface area contributed by atoms with Gasteiger partial charge in [-0.15, -0.1) is 0 Å². The third-order valence-electron chi connectivity index (χ3n) is 6.09. The lowest BCUT2D eigenvalue weighted by Gasteiger charge is -2.20. The van der Waals surface area contributed by atoms with E-state index in [2.05, 4.69) is 36.6 Å².